The highest BCUT2D eigenvalue weighted by Crippen LogP contribution is 2.36. The lowest BCUT2D eigenvalue weighted by molar-refractivity contribution is -0.929. The third-order valence-electron chi connectivity index (χ3n) is 4.42. The number of quaternary nitrogens is 1. The van der Waals surface area contributed by atoms with Crippen molar-refractivity contribution >= 4 is 69.6 Å². The van der Waals surface area contributed by atoms with Crippen LogP contribution in [-0.2, 0) is 11.4 Å². The van der Waals surface area contributed by atoms with E-state index in [9.17, 15) is 0 Å². The summed E-state index contributed by atoms with van der Waals surface area (Å²) in [6.45, 7) is 4.79. The quantitative estimate of drug-likeness (QED) is 0.561. The lowest BCUT2D eigenvalue weighted by Gasteiger charge is -2.25. The molecule has 0 radical (unpaired) electrons. The van der Waals surface area contributed by atoms with Crippen molar-refractivity contribution in [2.45, 2.75) is 6.67 Å². The van der Waals surface area contributed by atoms with Gasteiger partial charge in [-0.05, 0) is 46.3 Å². The van der Waals surface area contributed by atoms with E-state index in [2.05, 4.69) is 82.7 Å². The molecule has 4 rings (SSSR count). The Hall–Kier alpha value is -0.400. The van der Waals surface area contributed by atoms with Crippen LogP contribution in [0.1, 0.15) is 0 Å². The number of aromatic nitrogens is 1. The lowest BCUT2D eigenvalue weighted by Crippen LogP contribution is -3.13. The van der Waals surface area contributed by atoms with E-state index < -0.39 is 0 Å². The maximum atomic E-state index is 5.50. The van der Waals surface area contributed by atoms with Crippen LogP contribution >= 0.6 is 47.8 Å². The molecule has 120 valence electrons. The third-order valence-corrected chi connectivity index (χ3v) is 5.97. The molecule has 1 aromatic heterocycles. The first kappa shape index (κ1) is 16.1. The van der Waals surface area contributed by atoms with E-state index in [0.29, 0.717) is 0 Å². The standard InChI is InChI=1S/C17H15Br3N2O/c18-11-1-2-16-13(7-11)14-8-12(19)9-15(20)17(14)22(16)10-21-3-5-23-6-4-21/h1-2,7-9H,3-6,10H2/p+1. The second-order valence-corrected chi connectivity index (χ2v) is 8.58. The maximum absolute atomic E-state index is 5.50. The van der Waals surface area contributed by atoms with E-state index in [1.807, 2.05) is 0 Å². The molecule has 0 unspecified atom stereocenters. The summed E-state index contributed by atoms with van der Waals surface area (Å²) in [5, 5.41) is 2.55. The molecule has 6 heteroatoms. The minimum Gasteiger partial charge on any atom is -0.370 e. The molecular weight excluding hydrogens is 488 g/mol. The Morgan fingerprint density at radius 1 is 0.957 bits per heavy atom. The number of nitrogens with zero attached hydrogens (tertiary/aromatic N) is 1. The Morgan fingerprint density at radius 3 is 2.48 bits per heavy atom. The minimum absolute atomic E-state index is 0.852. The number of fused-ring (bicyclic) bond motifs is 3. The normalized spacial score (nSPS) is 16.5. The van der Waals surface area contributed by atoms with Crippen molar-refractivity contribution < 1.29 is 9.64 Å². The Morgan fingerprint density at radius 2 is 1.70 bits per heavy atom. The summed E-state index contributed by atoms with van der Waals surface area (Å²) >= 11 is 11.0. The van der Waals surface area contributed by atoms with Gasteiger partial charge in [-0.3, -0.25) is 4.57 Å². The van der Waals surface area contributed by atoms with Crippen molar-refractivity contribution in [2.75, 3.05) is 26.3 Å². The lowest BCUT2D eigenvalue weighted by atomic mass is 10.2. The summed E-state index contributed by atoms with van der Waals surface area (Å²) in [7, 11) is 0. The van der Waals surface area contributed by atoms with Crippen LogP contribution in [0.15, 0.2) is 43.7 Å². The number of halogens is 3. The first-order chi connectivity index (χ1) is 11.1. The summed E-state index contributed by atoms with van der Waals surface area (Å²) in [6, 6.07) is 10.9. The molecule has 0 aliphatic carbocycles. The largest absolute Gasteiger partial charge is 0.370 e. The molecule has 1 aliphatic heterocycles. The molecule has 0 amide bonds. The molecule has 0 spiro atoms. The molecule has 0 atom stereocenters. The Balaban J connectivity index is 1.95. The van der Waals surface area contributed by atoms with Crippen LogP contribution in [0, 0.1) is 0 Å². The summed E-state index contributed by atoms with van der Waals surface area (Å²) in [6.07, 6.45) is 0. The smallest absolute Gasteiger partial charge is 0.157 e. The summed E-state index contributed by atoms with van der Waals surface area (Å²) in [5.74, 6) is 0. The fraction of sp³-hybridized carbons (Fsp3) is 0.294. The number of ether oxygens (including phenoxy) is 1. The van der Waals surface area contributed by atoms with Crippen molar-refractivity contribution in [2.24, 2.45) is 0 Å². The van der Waals surface area contributed by atoms with Gasteiger partial charge in [-0.25, -0.2) is 0 Å². The minimum atomic E-state index is 0.852. The molecule has 3 nitrogen and oxygen atoms in total. The van der Waals surface area contributed by atoms with Gasteiger partial charge in [0.25, 0.3) is 0 Å². The van der Waals surface area contributed by atoms with E-state index in [1.165, 1.54) is 21.8 Å². The summed E-state index contributed by atoms with van der Waals surface area (Å²) < 4.78 is 11.3. The molecule has 23 heavy (non-hydrogen) atoms. The van der Waals surface area contributed by atoms with Gasteiger partial charge in [-0.15, -0.1) is 0 Å². The van der Waals surface area contributed by atoms with Gasteiger partial charge in [0.1, 0.15) is 13.1 Å². The molecule has 1 fully saturated rings. The van der Waals surface area contributed by atoms with Gasteiger partial charge in [0.15, 0.2) is 6.67 Å². The molecule has 1 saturated heterocycles. The van der Waals surface area contributed by atoms with Crippen LogP contribution in [-0.4, -0.2) is 30.9 Å². The number of hydrogen-bond acceptors (Lipinski definition) is 1. The maximum Gasteiger partial charge on any atom is 0.157 e. The van der Waals surface area contributed by atoms with Crippen molar-refractivity contribution in [1.82, 2.24) is 4.57 Å². The highest BCUT2D eigenvalue weighted by molar-refractivity contribution is 9.11. The van der Waals surface area contributed by atoms with Crippen LogP contribution in [0.3, 0.4) is 0 Å². The highest BCUT2D eigenvalue weighted by atomic mass is 79.9. The van der Waals surface area contributed by atoms with Crippen LogP contribution in [0.4, 0.5) is 0 Å². The molecule has 2 heterocycles. The highest BCUT2D eigenvalue weighted by Gasteiger charge is 2.20. The van der Waals surface area contributed by atoms with Crippen LogP contribution in [0.2, 0.25) is 0 Å². The average molecular weight is 504 g/mol. The molecule has 1 aliphatic rings. The van der Waals surface area contributed by atoms with Crippen LogP contribution in [0.25, 0.3) is 21.8 Å². The fourth-order valence-electron chi connectivity index (χ4n) is 3.33. The SMILES string of the molecule is Brc1ccc2c(c1)c1cc(Br)cc(Br)c1n2C[NH+]1CCOCC1. The topological polar surface area (TPSA) is 18.6 Å². The van der Waals surface area contributed by atoms with Gasteiger partial charge in [-0.2, -0.15) is 0 Å². The molecule has 2 aromatic carbocycles. The predicted octanol–water partition coefficient (Wildman–Crippen LogP) is 3.95. The number of morpholine rings is 1. The second-order valence-electron chi connectivity index (χ2n) is 5.89. The zero-order chi connectivity index (χ0) is 16.0. The second kappa shape index (κ2) is 6.48. The Labute approximate surface area is 160 Å². The molecule has 0 saturated carbocycles. The molecule has 3 aromatic rings. The molecular formula is C17H16Br3N2O+. The van der Waals surface area contributed by atoms with E-state index in [1.54, 1.807) is 4.90 Å². The number of nitrogens with one attached hydrogen (secondary N) is 1. The summed E-state index contributed by atoms with van der Waals surface area (Å²) in [5.41, 5.74) is 2.54. The zero-order valence-electron chi connectivity index (χ0n) is 12.4. The Kier molecular flexibility index (Phi) is 4.54. The number of hydrogen-bond donors (Lipinski definition) is 1. The molecule has 0 bridgehead atoms. The monoisotopic (exact) mass is 501 g/mol. The van der Waals surface area contributed by atoms with E-state index in [-0.39, 0.29) is 0 Å². The zero-order valence-corrected chi connectivity index (χ0v) is 17.2. The van der Waals surface area contributed by atoms with Gasteiger partial charge in [0.2, 0.25) is 0 Å². The van der Waals surface area contributed by atoms with Crippen molar-refractivity contribution in [3.63, 3.8) is 0 Å². The average Bonchev–Trinajstić information content (AvgIpc) is 2.82. The van der Waals surface area contributed by atoms with Crippen molar-refractivity contribution in [3.8, 4) is 0 Å². The van der Waals surface area contributed by atoms with Gasteiger partial charge in [-0.1, -0.05) is 31.9 Å². The van der Waals surface area contributed by atoms with Crippen LogP contribution in [0.5, 0.6) is 0 Å². The van der Waals surface area contributed by atoms with E-state index in [0.717, 1.165) is 46.4 Å². The predicted molar refractivity (Wildman–Crippen MR) is 104 cm³/mol. The van der Waals surface area contributed by atoms with E-state index in [4.69, 9.17) is 4.74 Å². The third kappa shape index (κ3) is 3.00. The van der Waals surface area contributed by atoms with Crippen molar-refractivity contribution in [1.29, 1.82) is 0 Å². The first-order valence-corrected chi connectivity index (χ1v) is 9.99. The number of benzene rings is 2. The van der Waals surface area contributed by atoms with Crippen LogP contribution < -0.4 is 4.90 Å². The van der Waals surface area contributed by atoms with Gasteiger partial charge >= 0.3 is 0 Å². The van der Waals surface area contributed by atoms with Gasteiger partial charge < -0.3 is 9.64 Å². The first-order valence-electron chi connectivity index (χ1n) is 7.61. The Bertz CT molecular complexity index is 885. The number of rotatable bonds is 2. The van der Waals surface area contributed by atoms with Gasteiger partial charge in [0, 0.05) is 24.2 Å². The summed E-state index contributed by atoms with van der Waals surface area (Å²) in [4.78, 5) is 1.56. The van der Waals surface area contributed by atoms with Gasteiger partial charge in [0.05, 0.1) is 24.2 Å². The van der Waals surface area contributed by atoms with Crippen molar-refractivity contribution in [3.05, 3.63) is 43.7 Å². The van der Waals surface area contributed by atoms with E-state index >= 15 is 0 Å². The fourth-order valence-corrected chi connectivity index (χ4v) is 5.13. The molecule has 1 N–H and O–H groups in total.